The molecule has 5 heteroatoms. The molecule has 4 nitrogen and oxygen atoms in total. The van der Waals surface area contributed by atoms with Gasteiger partial charge in [-0.3, -0.25) is 4.79 Å². The molecule has 3 N–H and O–H groups in total. The molecule has 1 rings (SSSR count). The van der Waals surface area contributed by atoms with Crippen LogP contribution in [0.1, 0.15) is 23.7 Å². The number of nitrogens with one attached hydrogen (secondary N) is 1. The lowest BCUT2D eigenvalue weighted by atomic mass is 10.1. The first-order chi connectivity index (χ1) is 8.08. The summed E-state index contributed by atoms with van der Waals surface area (Å²) in [6, 6.07) is 4.86. The lowest BCUT2D eigenvalue weighted by Crippen LogP contribution is -2.36. The Morgan fingerprint density at radius 2 is 2.29 bits per heavy atom. The molecule has 0 spiro atoms. The van der Waals surface area contributed by atoms with Crippen LogP contribution in [0.2, 0.25) is 5.02 Å². The van der Waals surface area contributed by atoms with Crippen LogP contribution in [0.3, 0.4) is 0 Å². The van der Waals surface area contributed by atoms with Gasteiger partial charge in [0, 0.05) is 17.6 Å². The van der Waals surface area contributed by atoms with Gasteiger partial charge in [0.05, 0.1) is 12.7 Å². The van der Waals surface area contributed by atoms with Crippen LogP contribution in [0.15, 0.2) is 18.2 Å². The Bertz CT molecular complexity index is 396. The van der Waals surface area contributed by atoms with E-state index < -0.39 is 0 Å². The Morgan fingerprint density at radius 1 is 1.59 bits per heavy atom. The maximum atomic E-state index is 11.9. The number of benzene rings is 1. The normalized spacial score (nSPS) is 12.0. The van der Waals surface area contributed by atoms with Crippen LogP contribution in [0.4, 0.5) is 0 Å². The summed E-state index contributed by atoms with van der Waals surface area (Å²) in [5.41, 5.74) is 6.19. The minimum Gasteiger partial charge on any atom is -0.496 e. The first-order valence-corrected chi connectivity index (χ1v) is 5.83. The van der Waals surface area contributed by atoms with Crippen molar-refractivity contribution < 1.29 is 9.53 Å². The highest BCUT2D eigenvalue weighted by atomic mass is 35.5. The largest absolute Gasteiger partial charge is 0.496 e. The molecule has 0 fully saturated rings. The Morgan fingerprint density at radius 3 is 2.88 bits per heavy atom. The van der Waals surface area contributed by atoms with Crippen LogP contribution >= 0.6 is 11.6 Å². The number of nitrogens with two attached hydrogens (primary N) is 1. The number of carbonyl (C=O) groups is 1. The van der Waals surface area contributed by atoms with E-state index in [1.54, 1.807) is 18.2 Å². The first kappa shape index (κ1) is 13.8. The van der Waals surface area contributed by atoms with Gasteiger partial charge >= 0.3 is 0 Å². The molecule has 0 saturated heterocycles. The highest BCUT2D eigenvalue weighted by Crippen LogP contribution is 2.22. The van der Waals surface area contributed by atoms with Crippen molar-refractivity contribution in [2.75, 3.05) is 13.7 Å². The molecule has 1 aromatic rings. The van der Waals surface area contributed by atoms with Gasteiger partial charge in [-0.05, 0) is 24.6 Å². The molecule has 0 aromatic heterocycles. The summed E-state index contributed by atoms with van der Waals surface area (Å²) in [5, 5.41) is 3.29. The molecule has 0 bridgehead atoms. The average molecular weight is 257 g/mol. The van der Waals surface area contributed by atoms with Crippen LogP contribution in [0.25, 0.3) is 0 Å². The van der Waals surface area contributed by atoms with E-state index in [9.17, 15) is 4.79 Å². The summed E-state index contributed by atoms with van der Waals surface area (Å²) in [7, 11) is 1.50. The van der Waals surface area contributed by atoms with Gasteiger partial charge in [-0.25, -0.2) is 0 Å². The molecule has 0 radical (unpaired) electrons. The monoisotopic (exact) mass is 256 g/mol. The van der Waals surface area contributed by atoms with Crippen LogP contribution in [-0.4, -0.2) is 25.6 Å². The molecule has 17 heavy (non-hydrogen) atoms. The molecular formula is C12H17ClN2O2. The van der Waals surface area contributed by atoms with Gasteiger partial charge in [-0.1, -0.05) is 18.5 Å². The van der Waals surface area contributed by atoms with E-state index in [0.717, 1.165) is 6.42 Å². The Kier molecular flexibility index (Phi) is 5.25. The molecule has 0 saturated carbocycles. The number of halogens is 1. The van der Waals surface area contributed by atoms with Crippen molar-refractivity contribution in [1.29, 1.82) is 0 Å². The fourth-order valence-electron chi connectivity index (χ4n) is 1.32. The van der Waals surface area contributed by atoms with Crippen molar-refractivity contribution in [3.05, 3.63) is 28.8 Å². The molecule has 0 aliphatic rings. The standard InChI is InChI=1S/C12H17ClN2O2/c1-3-9(14)7-15-12(16)10-5-4-8(13)6-11(10)17-2/h4-6,9H,3,7,14H2,1-2H3,(H,15,16). The smallest absolute Gasteiger partial charge is 0.255 e. The lowest BCUT2D eigenvalue weighted by molar-refractivity contribution is 0.0948. The molecule has 1 aromatic carbocycles. The molecule has 1 atom stereocenters. The van der Waals surface area contributed by atoms with Crippen molar-refractivity contribution in [3.8, 4) is 5.75 Å². The van der Waals surface area contributed by atoms with Gasteiger partial charge in [0.2, 0.25) is 0 Å². The number of hydrogen-bond acceptors (Lipinski definition) is 3. The maximum Gasteiger partial charge on any atom is 0.255 e. The second-order valence-corrected chi connectivity index (χ2v) is 4.16. The number of ether oxygens (including phenoxy) is 1. The highest BCUT2D eigenvalue weighted by Gasteiger charge is 2.12. The molecule has 94 valence electrons. The summed E-state index contributed by atoms with van der Waals surface area (Å²) >= 11 is 5.82. The van der Waals surface area contributed by atoms with Crippen LogP contribution in [0.5, 0.6) is 5.75 Å². The number of carbonyl (C=O) groups excluding carboxylic acids is 1. The average Bonchev–Trinajstić information content (AvgIpc) is 2.35. The summed E-state index contributed by atoms with van der Waals surface area (Å²) in [4.78, 5) is 11.9. The van der Waals surface area contributed by atoms with E-state index in [1.807, 2.05) is 6.92 Å². The van der Waals surface area contributed by atoms with Gasteiger partial charge in [-0.2, -0.15) is 0 Å². The third-order valence-electron chi connectivity index (χ3n) is 2.46. The number of hydrogen-bond donors (Lipinski definition) is 2. The summed E-state index contributed by atoms with van der Waals surface area (Å²) < 4.78 is 5.10. The Labute approximate surface area is 106 Å². The Balaban J connectivity index is 2.75. The molecule has 1 unspecified atom stereocenters. The Hall–Kier alpha value is -1.26. The summed E-state index contributed by atoms with van der Waals surface area (Å²) in [6.07, 6.45) is 0.817. The van der Waals surface area contributed by atoms with Crippen molar-refractivity contribution in [2.24, 2.45) is 5.73 Å². The SMILES string of the molecule is CCC(N)CNC(=O)c1ccc(Cl)cc1OC. The number of methoxy groups -OCH3 is 1. The van der Waals surface area contributed by atoms with Crippen LogP contribution in [-0.2, 0) is 0 Å². The second-order valence-electron chi connectivity index (χ2n) is 3.72. The topological polar surface area (TPSA) is 64.3 Å². The van der Waals surface area contributed by atoms with E-state index in [4.69, 9.17) is 22.1 Å². The van der Waals surface area contributed by atoms with Gasteiger partial charge in [-0.15, -0.1) is 0 Å². The second kappa shape index (κ2) is 6.47. The molecule has 1 amide bonds. The zero-order valence-electron chi connectivity index (χ0n) is 10.00. The van der Waals surface area contributed by atoms with Crippen molar-refractivity contribution in [1.82, 2.24) is 5.32 Å². The van der Waals surface area contributed by atoms with E-state index in [2.05, 4.69) is 5.32 Å². The van der Waals surface area contributed by atoms with E-state index in [-0.39, 0.29) is 11.9 Å². The van der Waals surface area contributed by atoms with E-state index in [0.29, 0.717) is 22.9 Å². The fourth-order valence-corrected chi connectivity index (χ4v) is 1.48. The lowest BCUT2D eigenvalue weighted by Gasteiger charge is -2.12. The minimum absolute atomic E-state index is 0.0303. The van der Waals surface area contributed by atoms with Gasteiger partial charge in [0.1, 0.15) is 5.75 Å². The predicted molar refractivity (Wildman–Crippen MR) is 68.6 cm³/mol. The number of rotatable bonds is 5. The zero-order valence-corrected chi connectivity index (χ0v) is 10.8. The molecule has 0 aliphatic heterocycles. The fraction of sp³-hybridized carbons (Fsp3) is 0.417. The zero-order chi connectivity index (χ0) is 12.8. The molecule has 0 aliphatic carbocycles. The third kappa shape index (κ3) is 3.91. The van der Waals surface area contributed by atoms with Gasteiger partial charge in [0.15, 0.2) is 0 Å². The van der Waals surface area contributed by atoms with Crippen LogP contribution < -0.4 is 15.8 Å². The highest BCUT2D eigenvalue weighted by molar-refractivity contribution is 6.30. The van der Waals surface area contributed by atoms with Crippen molar-refractivity contribution >= 4 is 17.5 Å². The van der Waals surface area contributed by atoms with E-state index >= 15 is 0 Å². The third-order valence-corrected chi connectivity index (χ3v) is 2.69. The van der Waals surface area contributed by atoms with E-state index in [1.165, 1.54) is 7.11 Å². The van der Waals surface area contributed by atoms with Crippen LogP contribution in [0, 0.1) is 0 Å². The minimum atomic E-state index is -0.206. The van der Waals surface area contributed by atoms with Gasteiger partial charge < -0.3 is 15.8 Å². The summed E-state index contributed by atoms with van der Waals surface area (Å²) in [6.45, 7) is 2.42. The van der Waals surface area contributed by atoms with Crippen molar-refractivity contribution in [3.63, 3.8) is 0 Å². The van der Waals surface area contributed by atoms with Gasteiger partial charge in [0.25, 0.3) is 5.91 Å². The van der Waals surface area contributed by atoms with Crippen molar-refractivity contribution in [2.45, 2.75) is 19.4 Å². The maximum absolute atomic E-state index is 11.9. The summed E-state index contributed by atoms with van der Waals surface area (Å²) in [5.74, 6) is 0.252. The quantitative estimate of drug-likeness (QED) is 0.845. The predicted octanol–water partition coefficient (Wildman–Crippen LogP) is 1.82. The number of amides is 1. The molecule has 0 heterocycles. The first-order valence-electron chi connectivity index (χ1n) is 5.45. The molecular weight excluding hydrogens is 240 g/mol.